The van der Waals surface area contributed by atoms with E-state index in [1.54, 1.807) is 0 Å². The molecule has 1 aromatic heterocycles. The van der Waals surface area contributed by atoms with Gasteiger partial charge in [-0.15, -0.1) is 0 Å². The van der Waals surface area contributed by atoms with Crippen LogP contribution < -0.4 is 0 Å². The summed E-state index contributed by atoms with van der Waals surface area (Å²) < 4.78 is 6.30. The van der Waals surface area contributed by atoms with Crippen LogP contribution in [0.5, 0.6) is 0 Å². The molecule has 3 rings (SSSR count). The van der Waals surface area contributed by atoms with E-state index in [1.807, 2.05) is 6.07 Å². The lowest BCUT2D eigenvalue weighted by Gasteiger charge is -2.05. The van der Waals surface area contributed by atoms with E-state index < -0.39 is 0 Å². The highest BCUT2D eigenvalue weighted by Crippen LogP contribution is 2.28. The summed E-state index contributed by atoms with van der Waals surface area (Å²) in [5, 5.41) is 3.32. The van der Waals surface area contributed by atoms with Crippen LogP contribution in [-0.2, 0) is 0 Å². The molecule has 1 nitrogen and oxygen atoms in total. The minimum atomic E-state index is 0.571. The van der Waals surface area contributed by atoms with Gasteiger partial charge in [-0.1, -0.05) is 29.8 Å². The SMILES string of the molecule is Cc1ccc2c(c1)oc(=S)c1cc(C)ccc12. The summed E-state index contributed by atoms with van der Waals surface area (Å²) in [5.74, 6) is 0. The molecule has 0 unspecified atom stereocenters. The Bertz CT molecular complexity index is 784. The largest absolute Gasteiger partial charge is 0.445 e. The van der Waals surface area contributed by atoms with Gasteiger partial charge in [0.05, 0.1) is 0 Å². The summed E-state index contributed by atoms with van der Waals surface area (Å²) in [7, 11) is 0. The van der Waals surface area contributed by atoms with Crippen molar-refractivity contribution in [2.45, 2.75) is 13.8 Å². The highest BCUT2D eigenvalue weighted by Gasteiger charge is 2.05. The van der Waals surface area contributed by atoms with Crippen LogP contribution in [0.2, 0.25) is 0 Å². The standard InChI is InChI=1S/C15H12OS/c1-9-3-5-11-12-6-4-10(2)8-14(12)16-15(17)13(11)7-9/h3-8H,1-2H3. The summed E-state index contributed by atoms with van der Waals surface area (Å²) in [6.45, 7) is 4.12. The fraction of sp³-hybridized carbons (Fsp3) is 0.133. The molecule has 2 heteroatoms. The molecule has 0 fully saturated rings. The minimum absolute atomic E-state index is 0.571. The third kappa shape index (κ3) is 1.65. The molecule has 0 aliphatic carbocycles. The highest BCUT2D eigenvalue weighted by molar-refractivity contribution is 7.71. The summed E-state index contributed by atoms with van der Waals surface area (Å²) >= 11 is 5.32. The first-order valence-corrected chi connectivity index (χ1v) is 6.00. The molecule has 0 saturated carbocycles. The molecule has 84 valence electrons. The fourth-order valence-electron chi connectivity index (χ4n) is 2.15. The van der Waals surface area contributed by atoms with Gasteiger partial charge in [-0.3, -0.25) is 0 Å². The molecule has 0 spiro atoms. The second kappa shape index (κ2) is 3.67. The van der Waals surface area contributed by atoms with Crippen molar-refractivity contribution >= 4 is 34.0 Å². The molecule has 0 aliphatic heterocycles. The Morgan fingerprint density at radius 3 is 2.24 bits per heavy atom. The predicted molar refractivity (Wildman–Crippen MR) is 74.0 cm³/mol. The van der Waals surface area contributed by atoms with Crippen molar-refractivity contribution in [2.75, 3.05) is 0 Å². The van der Waals surface area contributed by atoms with Crippen molar-refractivity contribution in [3.05, 3.63) is 52.2 Å². The van der Waals surface area contributed by atoms with Crippen molar-refractivity contribution in [3.8, 4) is 0 Å². The average Bonchev–Trinajstić information content (AvgIpc) is 2.29. The van der Waals surface area contributed by atoms with Crippen molar-refractivity contribution < 1.29 is 4.42 Å². The average molecular weight is 240 g/mol. The zero-order valence-electron chi connectivity index (χ0n) is 9.78. The summed E-state index contributed by atoms with van der Waals surface area (Å²) in [4.78, 5) is 0. The van der Waals surface area contributed by atoms with Gasteiger partial charge in [0, 0.05) is 10.8 Å². The molecular formula is C15H12OS. The van der Waals surface area contributed by atoms with E-state index >= 15 is 0 Å². The molecule has 1 heterocycles. The van der Waals surface area contributed by atoms with Crippen LogP contribution >= 0.6 is 12.2 Å². The maximum absolute atomic E-state index is 5.73. The second-order valence-corrected chi connectivity index (χ2v) is 4.81. The van der Waals surface area contributed by atoms with Gasteiger partial charge in [-0.2, -0.15) is 0 Å². The Morgan fingerprint density at radius 1 is 0.824 bits per heavy atom. The van der Waals surface area contributed by atoms with Crippen LogP contribution in [0, 0.1) is 18.6 Å². The van der Waals surface area contributed by atoms with Gasteiger partial charge in [0.25, 0.3) is 0 Å². The van der Waals surface area contributed by atoms with Crippen molar-refractivity contribution in [1.82, 2.24) is 0 Å². The van der Waals surface area contributed by atoms with Crippen LogP contribution in [0.3, 0.4) is 0 Å². The number of aryl methyl sites for hydroxylation is 2. The van der Waals surface area contributed by atoms with Crippen molar-refractivity contribution in [3.63, 3.8) is 0 Å². The molecule has 2 aromatic carbocycles. The van der Waals surface area contributed by atoms with Gasteiger partial charge >= 0.3 is 0 Å². The molecule has 0 atom stereocenters. The third-order valence-electron chi connectivity index (χ3n) is 3.02. The van der Waals surface area contributed by atoms with Gasteiger partial charge in [-0.05, 0) is 49.1 Å². The zero-order valence-corrected chi connectivity index (χ0v) is 10.6. The van der Waals surface area contributed by atoms with Gasteiger partial charge < -0.3 is 4.42 Å². The first-order chi connectivity index (χ1) is 8.15. The van der Waals surface area contributed by atoms with Crippen LogP contribution in [0.15, 0.2) is 40.8 Å². The monoisotopic (exact) mass is 240 g/mol. The van der Waals surface area contributed by atoms with E-state index in [-0.39, 0.29) is 0 Å². The van der Waals surface area contributed by atoms with E-state index in [4.69, 9.17) is 16.6 Å². The summed E-state index contributed by atoms with van der Waals surface area (Å²) in [6.07, 6.45) is 0. The summed E-state index contributed by atoms with van der Waals surface area (Å²) in [6, 6.07) is 12.5. The fourth-order valence-corrected chi connectivity index (χ4v) is 2.41. The lowest BCUT2D eigenvalue weighted by atomic mass is 10.0. The Kier molecular flexibility index (Phi) is 2.26. The smallest absolute Gasteiger partial charge is 0.198 e. The van der Waals surface area contributed by atoms with Gasteiger partial charge in [0.2, 0.25) is 0 Å². The minimum Gasteiger partial charge on any atom is -0.445 e. The number of benzene rings is 2. The Labute approximate surface area is 105 Å². The molecule has 3 aromatic rings. The second-order valence-electron chi connectivity index (χ2n) is 4.44. The first-order valence-electron chi connectivity index (χ1n) is 5.59. The lowest BCUT2D eigenvalue weighted by Crippen LogP contribution is -1.82. The van der Waals surface area contributed by atoms with Crippen LogP contribution in [0.25, 0.3) is 21.7 Å². The summed E-state index contributed by atoms with van der Waals surface area (Å²) in [5.41, 5.74) is 3.25. The van der Waals surface area contributed by atoms with E-state index in [1.165, 1.54) is 16.5 Å². The molecule has 0 amide bonds. The molecule has 0 aliphatic rings. The Balaban J connectivity index is 2.60. The number of hydrogen-bond donors (Lipinski definition) is 0. The normalized spacial score (nSPS) is 11.2. The quantitative estimate of drug-likeness (QED) is 0.408. The molecule has 0 bridgehead atoms. The van der Waals surface area contributed by atoms with Crippen molar-refractivity contribution in [2.24, 2.45) is 0 Å². The third-order valence-corrected chi connectivity index (χ3v) is 3.33. The number of rotatable bonds is 0. The van der Waals surface area contributed by atoms with Crippen LogP contribution in [0.4, 0.5) is 0 Å². The Morgan fingerprint density at radius 2 is 1.47 bits per heavy atom. The maximum atomic E-state index is 5.73. The Hall–Kier alpha value is -1.67. The van der Waals surface area contributed by atoms with Crippen molar-refractivity contribution in [1.29, 1.82) is 0 Å². The van der Waals surface area contributed by atoms with Crippen LogP contribution in [0.1, 0.15) is 11.1 Å². The predicted octanol–water partition coefficient (Wildman–Crippen LogP) is 4.93. The maximum Gasteiger partial charge on any atom is 0.198 e. The molecule has 0 saturated heterocycles. The van der Waals surface area contributed by atoms with Gasteiger partial charge in [0.15, 0.2) is 4.71 Å². The topological polar surface area (TPSA) is 13.1 Å². The zero-order chi connectivity index (χ0) is 12.0. The molecule has 0 radical (unpaired) electrons. The lowest BCUT2D eigenvalue weighted by molar-refractivity contribution is 0.594. The van der Waals surface area contributed by atoms with E-state index in [2.05, 4.69) is 44.2 Å². The van der Waals surface area contributed by atoms with Gasteiger partial charge in [0.1, 0.15) is 5.58 Å². The molecule has 0 N–H and O–H groups in total. The van der Waals surface area contributed by atoms with E-state index in [0.717, 1.165) is 16.4 Å². The number of hydrogen-bond acceptors (Lipinski definition) is 2. The molecular weight excluding hydrogens is 228 g/mol. The van der Waals surface area contributed by atoms with E-state index in [0.29, 0.717) is 4.71 Å². The van der Waals surface area contributed by atoms with E-state index in [9.17, 15) is 0 Å². The highest BCUT2D eigenvalue weighted by atomic mass is 32.1. The van der Waals surface area contributed by atoms with Gasteiger partial charge in [-0.25, -0.2) is 0 Å². The molecule has 17 heavy (non-hydrogen) atoms. The van der Waals surface area contributed by atoms with Crippen LogP contribution in [-0.4, -0.2) is 0 Å². The number of fused-ring (bicyclic) bond motifs is 3. The first kappa shape index (κ1) is 10.5.